The minimum absolute atomic E-state index is 0.183. The molecule has 0 N–H and O–H groups in total. The second kappa shape index (κ2) is 7.01. The summed E-state index contributed by atoms with van der Waals surface area (Å²) in [5.74, 6) is 0.866. The molecule has 3 rings (SSSR count). The van der Waals surface area contributed by atoms with E-state index in [9.17, 15) is 4.79 Å². The van der Waals surface area contributed by atoms with Gasteiger partial charge in [0.25, 0.3) is 0 Å². The third-order valence-electron chi connectivity index (χ3n) is 3.91. The van der Waals surface area contributed by atoms with Crippen LogP contribution in [0, 0.1) is 13.8 Å². The monoisotopic (exact) mass is 338 g/mol. The van der Waals surface area contributed by atoms with Gasteiger partial charge in [-0.1, -0.05) is 29.8 Å². The first-order valence-electron chi connectivity index (χ1n) is 8.36. The fourth-order valence-corrected chi connectivity index (χ4v) is 2.67. The lowest BCUT2D eigenvalue weighted by molar-refractivity contribution is 0.0378. The van der Waals surface area contributed by atoms with Crippen molar-refractivity contribution in [1.82, 2.24) is 0 Å². The van der Waals surface area contributed by atoms with Gasteiger partial charge in [-0.15, -0.1) is 0 Å². The quantitative estimate of drug-likeness (QED) is 0.600. The van der Waals surface area contributed by atoms with E-state index in [2.05, 4.69) is 19.1 Å². The Bertz CT molecular complexity index is 888. The van der Waals surface area contributed by atoms with Gasteiger partial charge < -0.3 is 13.9 Å². The van der Waals surface area contributed by atoms with Gasteiger partial charge in [0.2, 0.25) is 0 Å². The van der Waals surface area contributed by atoms with Crippen LogP contribution in [0.3, 0.4) is 0 Å². The zero-order chi connectivity index (χ0) is 18.0. The number of esters is 1. The third-order valence-corrected chi connectivity index (χ3v) is 3.91. The lowest BCUT2D eigenvalue weighted by Crippen LogP contribution is -2.12. The predicted octanol–water partition coefficient (Wildman–Crippen LogP) is 5.19. The van der Waals surface area contributed by atoms with Crippen LogP contribution in [-0.4, -0.2) is 12.1 Å². The Hall–Kier alpha value is -2.75. The first kappa shape index (κ1) is 17.1. The van der Waals surface area contributed by atoms with E-state index >= 15 is 0 Å². The van der Waals surface area contributed by atoms with Crippen molar-refractivity contribution < 1.29 is 18.7 Å². The number of rotatable bonds is 5. The van der Waals surface area contributed by atoms with Crippen molar-refractivity contribution in [2.24, 2.45) is 0 Å². The molecule has 0 spiro atoms. The molecule has 0 aliphatic rings. The maximum atomic E-state index is 12.4. The van der Waals surface area contributed by atoms with Gasteiger partial charge in [-0.3, -0.25) is 0 Å². The largest absolute Gasteiger partial charge is 0.489 e. The molecule has 0 saturated carbocycles. The number of hydrogen-bond donors (Lipinski definition) is 0. The highest BCUT2D eigenvalue weighted by atomic mass is 16.5. The van der Waals surface area contributed by atoms with E-state index in [0.29, 0.717) is 34.6 Å². The van der Waals surface area contributed by atoms with Gasteiger partial charge in [0.1, 0.15) is 29.3 Å². The molecule has 0 unspecified atom stereocenters. The number of carbonyl (C=O) groups excluding carboxylic acids is 1. The van der Waals surface area contributed by atoms with E-state index in [1.54, 1.807) is 6.92 Å². The van der Waals surface area contributed by atoms with Gasteiger partial charge in [0.15, 0.2) is 0 Å². The van der Waals surface area contributed by atoms with Crippen molar-refractivity contribution in [2.45, 2.75) is 40.4 Å². The first-order chi connectivity index (χ1) is 11.9. The van der Waals surface area contributed by atoms with E-state index in [1.165, 1.54) is 5.56 Å². The fraction of sp³-hybridized carbons (Fsp3) is 0.286. The maximum Gasteiger partial charge on any atom is 0.342 e. The third kappa shape index (κ3) is 3.85. The number of carbonyl (C=O) groups is 1. The Morgan fingerprint density at radius 3 is 2.48 bits per heavy atom. The summed E-state index contributed by atoms with van der Waals surface area (Å²) < 4.78 is 16.9. The van der Waals surface area contributed by atoms with Crippen LogP contribution in [0.4, 0.5) is 0 Å². The minimum Gasteiger partial charge on any atom is -0.489 e. The average Bonchev–Trinajstić information content (AvgIpc) is 2.88. The summed E-state index contributed by atoms with van der Waals surface area (Å²) in [5.41, 5.74) is 3.42. The second-order valence-electron chi connectivity index (χ2n) is 6.42. The van der Waals surface area contributed by atoms with Crippen molar-refractivity contribution in [3.63, 3.8) is 0 Å². The van der Waals surface area contributed by atoms with Crippen LogP contribution in [0.2, 0.25) is 0 Å². The summed E-state index contributed by atoms with van der Waals surface area (Å²) >= 11 is 0. The topological polar surface area (TPSA) is 48.7 Å². The molecule has 0 bridgehead atoms. The van der Waals surface area contributed by atoms with Crippen molar-refractivity contribution >= 4 is 16.9 Å². The lowest BCUT2D eigenvalue weighted by Gasteiger charge is -2.08. The summed E-state index contributed by atoms with van der Waals surface area (Å²) in [7, 11) is 0. The van der Waals surface area contributed by atoms with Crippen molar-refractivity contribution in [3.05, 3.63) is 64.9 Å². The average molecular weight is 338 g/mol. The Balaban J connectivity index is 1.85. The van der Waals surface area contributed by atoms with E-state index < -0.39 is 0 Å². The lowest BCUT2D eigenvalue weighted by atomic mass is 10.1. The van der Waals surface area contributed by atoms with Crippen LogP contribution in [0.1, 0.15) is 41.1 Å². The molecular weight excluding hydrogens is 316 g/mol. The van der Waals surface area contributed by atoms with Crippen LogP contribution in [0.5, 0.6) is 5.75 Å². The summed E-state index contributed by atoms with van der Waals surface area (Å²) in [4.78, 5) is 12.4. The molecule has 3 aromatic rings. The van der Waals surface area contributed by atoms with Gasteiger partial charge >= 0.3 is 5.97 Å². The number of hydrogen-bond acceptors (Lipinski definition) is 4. The van der Waals surface area contributed by atoms with E-state index in [0.717, 1.165) is 5.56 Å². The van der Waals surface area contributed by atoms with E-state index in [1.807, 2.05) is 44.2 Å². The molecule has 0 aliphatic carbocycles. The molecule has 25 heavy (non-hydrogen) atoms. The Kier molecular flexibility index (Phi) is 4.79. The molecule has 0 atom stereocenters. The normalized spacial score (nSPS) is 11.1. The van der Waals surface area contributed by atoms with E-state index in [4.69, 9.17) is 13.9 Å². The highest BCUT2D eigenvalue weighted by Crippen LogP contribution is 2.30. The van der Waals surface area contributed by atoms with Gasteiger partial charge in [0.05, 0.1) is 6.10 Å². The van der Waals surface area contributed by atoms with Gasteiger partial charge in [0, 0.05) is 5.39 Å². The summed E-state index contributed by atoms with van der Waals surface area (Å²) in [6.45, 7) is 7.94. The molecule has 1 heterocycles. The van der Waals surface area contributed by atoms with Crippen LogP contribution in [0.25, 0.3) is 11.0 Å². The molecule has 0 aliphatic heterocycles. The maximum absolute atomic E-state index is 12.4. The molecule has 1 aromatic heterocycles. The van der Waals surface area contributed by atoms with Gasteiger partial charge in [-0.2, -0.15) is 0 Å². The highest BCUT2D eigenvalue weighted by molar-refractivity contribution is 6.04. The zero-order valence-corrected chi connectivity index (χ0v) is 15.0. The van der Waals surface area contributed by atoms with Crippen molar-refractivity contribution in [3.8, 4) is 5.75 Å². The second-order valence-corrected chi connectivity index (χ2v) is 6.42. The molecule has 4 nitrogen and oxygen atoms in total. The molecule has 0 amide bonds. The van der Waals surface area contributed by atoms with Gasteiger partial charge in [-0.05, 0) is 51.5 Å². The number of fused-ring (bicyclic) bond motifs is 1. The smallest absolute Gasteiger partial charge is 0.342 e. The Morgan fingerprint density at radius 1 is 1.08 bits per heavy atom. The number of aryl methyl sites for hydroxylation is 2. The van der Waals surface area contributed by atoms with Crippen molar-refractivity contribution in [2.75, 3.05) is 0 Å². The van der Waals surface area contributed by atoms with Crippen LogP contribution < -0.4 is 4.74 Å². The Morgan fingerprint density at radius 2 is 1.80 bits per heavy atom. The standard InChI is InChI=1S/C21H22O4/c1-13(2)24-21(22)20-15(4)25-19-10-9-17(11-18(19)20)23-12-16-7-5-14(3)6-8-16/h5-11,13H,12H2,1-4H3. The first-order valence-corrected chi connectivity index (χ1v) is 8.36. The molecule has 0 fully saturated rings. The zero-order valence-electron chi connectivity index (χ0n) is 15.0. The predicted molar refractivity (Wildman–Crippen MR) is 97.0 cm³/mol. The molecular formula is C21H22O4. The van der Waals surface area contributed by atoms with Crippen molar-refractivity contribution in [1.29, 1.82) is 0 Å². The van der Waals surface area contributed by atoms with Gasteiger partial charge in [-0.25, -0.2) is 4.79 Å². The molecule has 130 valence electrons. The van der Waals surface area contributed by atoms with E-state index in [-0.39, 0.29) is 12.1 Å². The highest BCUT2D eigenvalue weighted by Gasteiger charge is 2.21. The number of ether oxygens (including phenoxy) is 2. The van der Waals surface area contributed by atoms with Crippen LogP contribution >= 0.6 is 0 Å². The molecule has 2 aromatic carbocycles. The molecule has 4 heteroatoms. The summed E-state index contributed by atoms with van der Waals surface area (Å²) in [5, 5.41) is 0.713. The summed E-state index contributed by atoms with van der Waals surface area (Å²) in [6, 6.07) is 13.7. The SMILES string of the molecule is Cc1ccc(COc2ccc3oc(C)c(C(=O)OC(C)C)c3c2)cc1. The fourth-order valence-electron chi connectivity index (χ4n) is 2.67. The Labute approximate surface area is 147 Å². The number of benzene rings is 2. The van der Waals surface area contributed by atoms with Crippen LogP contribution in [0.15, 0.2) is 46.9 Å². The number of furan rings is 1. The summed E-state index contributed by atoms with van der Waals surface area (Å²) in [6.07, 6.45) is -0.183. The minimum atomic E-state index is -0.373. The van der Waals surface area contributed by atoms with Crippen LogP contribution in [-0.2, 0) is 11.3 Å². The molecule has 0 radical (unpaired) electrons. The molecule has 0 saturated heterocycles.